The minimum Gasteiger partial charge on any atom is -0.370 e. The Morgan fingerprint density at radius 2 is 2.14 bits per heavy atom. The van der Waals surface area contributed by atoms with Crippen LogP contribution in [0.4, 0.5) is 0 Å². The van der Waals surface area contributed by atoms with Crippen molar-refractivity contribution in [1.29, 1.82) is 0 Å². The monoisotopic (exact) mass is 306 g/mol. The maximum absolute atomic E-state index is 12.3. The van der Waals surface area contributed by atoms with Crippen molar-refractivity contribution in [2.75, 3.05) is 37.9 Å². The third kappa shape index (κ3) is 3.39. The van der Waals surface area contributed by atoms with Gasteiger partial charge >= 0.3 is 0 Å². The Bertz CT molecular complexity index is 523. The number of morpholine rings is 1. The van der Waals surface area contributed by atoms with Crippen molar-refractivity contribution in [1.82, 2.24) is 9.80 Å². The summed E-state index contributed by atoms with van der Waals surface area (Å²) >= 11 is 1.56. The van der Waals surface area contributed by atoms with Gasteiger partial charge in [0.05, 0.1) is 24.8 Å². The highest BCUT2D eigenvalue weighted by Gasteiger charge is 2.29. The molecule has 0 saturated carbocycles. The third-order valence-corrected chi connectivity index (χ3v) is 4.69. The predicted molar refractivity (Wildman–Crippen MR) is 80.8 cm³/mol. The van der Waals surface area contributed by atoms with Crippen molar-refractivity contribution in [3.8, 4) is 0 Å². The summed E-state index contributed by atoms with van der Waals surface area (Å²) in [6.07, 6.45) is -0.0763. The molecule has 3 rings (SSSR count). The van der Waals surface area contributed by atoms with Crippen LogP contribution in [0, 0.1) is 0 Å². The van der Waals surface area contributed by atoms with E-state index in [0.717, 1.165) is 5.56 Å². The van der Waals surface area contributed by atoms with Gasteiger partial charge in [0, 0.05) is 6.54 Å². The van der Waals surface area contributed by atoms with E-state index in [1.165, 1.54) is 0 Å². The first-order valence-electron chi connectivity index (χ1n) is 7.04. The van der Waals surface area contributed by atoms with Crippen molar-refractivity contribution in [2.24, 2.45) is 0 Å². The second-order valence-electron chi connectivity index (χ2n) is 5.18. The molecule has 112 valence electrons. The molecule has 0 bridgehead atoms. The van der Waals surface area contributed by atoms with Crippen LogP contribution in [-0.4, -0.2) is 59.5 Å². The number of amides is 2. The van der Waals surface area contributed by atoms with Gasteiger partial charge in [-0.1, -0.05) is 30.3 Å². The largest absolute Gasteiger partial charge is 0.370 e. The number of hydrogen-bond acceptors (Lipinski definition) is 4. The Hall–Kier alpha value is -1.53. The quantitative estimate of drug-likeness (QED) is 0.840. The average Bonchev–Trinajstić information content (AvgIpc) is 2.93. The summed E-state index contributed by atoms with van der Waals surface area (Å²) in [7, 11) is 0. The van der Waals surface area contributed by atoms with E-state index in [1.807, 2.05) is 30.3 Å². The molecular formula is C15H18N2O3S. The summed E-state index contributed by atoms with van der Waals surface area (Å²) < 4.78 is 5.76. The van der Waals surface area contributed by atoms with Gasteiger partial charge in [0.1, 0.15) is 12.6 Å². The van der Waals surface area contributed by atoms with Crippen molar-refractivity contribution >= 4 is 23.6 Å². The molecule has 0 radical (unpaired) electrons. The van der Waals surface area contributed by atoms with Crippen molar-refractivity contribution in [3.05, 3.63) is 35.9 Å². The van der Waals surface area contributed by atoms with Gasteiger partial charge in [-0.15, -0.1) is 11.8 Å². The Balaban J connectivity index is 1.60. The minimum absolute atomic E-state index is 0.00933. The fourth-order valence-corrected chi connectivity index (χ4v) is 3.45. The number of thioether (sulfide) groups is 1. The lowest BCUT2D eigenvalue weighted by Crippen LogP contribution is -2.47. The van der Waals surface area contributed by atoms with Crippen LogP contribution in [0.2, 0.25) is 0 Å². The Morgan fingerprint density at radius 3 is 2.86 bits per heavy atom. The SMILES string of the molecule is O=C1CSCN1CC(=O)N1CCOC(c2ccccc2)C1. The molecular weight excluding hydrogens is 288 g/mol. The second-order valence-corrected chi connectivity index (χ2v) is 6.13. The van der Waals surface area contributed by atoms with Gasteiger partial charge in [0.15, 0.2) is 0 Å². The molecule has 2 aliphatic heterocycles. The first-order chi connectivity index (χ1) is 10.2. The van der Waals surface area contributed by atoms with E-state index in [4.69, 9.17) is 4.74 Å². The first kappa shape index (κ1) is 14.4. The van der Waals surface area contributed by atoms with Gasteiger partial charge in [-0.05, 0) is 5.56 Å². The average molecular weight is 306 g/mol. The standard InChI is InChI=1S/C15H18N2O3S/c18-14(9-17-11-21-10-15(17)19)16-6-7-20-13(8-16)12-4-2-1-3-5-12/h1-5,13H,6-11H2. The van der Waals surface area contributed by atoms with Crippen LogP contribution in [0.1, 0.15) is 11.7 Å². The van der Waals surface area contributed by atoms with Crippen LogP contribution in [0.3, 0.4) is 0 Å². The van der Waals surface area contributed by atoms with Crippen LogP contribution in [0.25, 0.3) is 0 Å². The van der Waals surface area contributed by atoms with Crippen molar-refractivity contribution in [2.45, 2.75) is 6.10 Å². The molecule has 6 heteroatoms. The molecule has 2 saturated heterocycles. The van der Waals surface area contributed by atoms with Gasteiger partial charge in [0.25, 0.3) is 0 Å². The fraction of sp³-hybridized carbons (Fsp3) is 0.467. The highest BCUT2D eigenvalue weighted by atomic mass is 32.2. The van der Waals surface area contributed by atoms with Crippen LogP contribution in [0.5, 0.6) is 0 Å². The van der Waals surface area contributed by atoms with Crippen LogP contribution in [-0.2, 0) is 14.3 Å². The Morgan fingerprint density at radius 1 is 1.33 bits per heavy atom. The Kier molecular flexibility index (Phi) is 4.45. The normalized spacial score (nSPS) is 22.7. The summed E-state index contributed by atoms with van der Waals surface area (Å²) in [4.78, 5) is 27.4. The van der Waals surface area contributed by atoms with Gasteiger partial charge in [-0.3, -0.25) is 9.59 Å². The smallest absolute Gasteiger partial charge is 0.242 e. The van der Waals surface area contributed by atoms with E-state index < -0.39 is 0 Å². The molecule has 21 heavy (non-hydrogen) atoms. The molecule has 0 N–H and O–H groups in total. The Labute approximate surface area is 128 Å². The van der Waals surface area contributed by atoms with E-state index in [-0.39, 0.29) is 24.5 Å². The maximum Gasteiger partial charge on any atom is 0.242 e. The number of hydrogen-bond donors (Lipinski definition) is 0. The topological polar surface area (TPSA) is 49.9 Å². The third-order valence-electron chi connectivity index (χ3n) is 3.74. The molecule has 2 amide bonds. The summed E-state index contributed by atoms with van der Waals surface area (Å²) in [5, 5.41) is 0. The molecule has 2 aliphatic rings. The minimum atomic E-state index is -0.0763. The van der Waals surface area contributed by atoms with Gasteiger partial charge in [-0.2, -0.15) is 0 Å². The maximum atomic E-state index is 12.3. The molecule has 5 nitrogen and oxygen atoms in total. The number of nitrogens with zero attached hydrogens (tertiary/aromatic N) is 2. The number of ether oxygens (including phenoxy) is 1. The first-order valence-corrected chi connectivity index (χ1v) is 8.19. The molecule has 2 fully saturated rings. The molecule has 0 aliphatic carbocycles. The van der Waals surface area contributed by atoms with E-state index in [9.17, 15) is 9.59 Å². The second kappa shape index (κ2) is 6.49. The molecule has 2 heterocycles. The lowest BCUT2D eigenvalue weighted by atomic mass is 10.1. The number of benzene rings is 1. The summed E-state index contributed by atoms with van der Waals surface area (Å²) in [6, 6.07) is 9.93. The van der Waals surface area contributed by atoms with Gasteiger partial charge in [-0.25, -0.2) is 0 Å². The molecule has 0 aromatic heterocycles. The molecule has 1 atom stereocenters. The lowest BCUT2D eigenvalue weighted by molar-refractivity contribution is -0.143. The molecule has 1 aromatic rings. The van der Waals surface area contributed by atoms with E-state index in [1.54, 1.807) is 21.6 Å². The van der Waals surface area contributed by atoms with Gasteiger partial charge < -0.3 is 14.5 Å². The van der Waals surface area contributed by atoms with Gasteiger partial charge in [0.2, 0.25) is 11.8 Å². The summed E-state index contributed by atoms with van der Waals surface area (Å²) in [6.45, 7) is 1.87. The number of carbonyl (C=O) groups is 2. The fourth-order valence-electron chi connectivity index (χ4n) is 2.55. The van der Waals surface area contributed by atoms with Crippen LogP contribution < -0.4 is 0 Å². The summed E-state index contributed by atoms with van der Waals surface area (Å²) in [5.41, 5.74) is 1.09. The van der Waals surface area contributed by atoms with Crippen LogP contribution >= 0.6 is 11.8 Å². The molecule has 1 unspecified atom stereocenters. The highest BCUT2D eigenvalue weighted by molar-refractivity contribution is 8.00. The lowest BCUT2D eigenvalue weighted by Gasteiger charge is -2.34. The number of carbonyl (C=O) groups excluding carboxylic acids is 2. The number of rotatable bonds is 3. The zero-order valence-corrected chi connectivity index (χ0v) is 12.6. The highest BCUT2D eigenvalue weighted by Crippen LogP contribution is 2.22. The zero-order valence-electron chi connectivity index (χ0n) is 11.7. The van der Waals surface area contributed by atoms with Crippen molar-refractivity contribution in [3.63, 3.8) is 0 Å². The van der Waals surface area contributed by atoms with E-state index in [0.29, 0.717) is 31.3 Å². The van der Waals surface area contributed by atoms with E-state index in [2.05, 4.69) is 0 Å². The van der Waals surface area contributed by atoms with Crippen molar-refractivity contribution < 1.29 is 14.3 Å². The molecule has 0 spiro atoms. The zero-order chi connectivity index (χ0) is 14.7. The van der Waals surface area contributed by atoms with E-state index >= 15 is 0 Å². The molecule has 1 aromatic carbocycles. The van der Waals surface area contributed by atoms with Crippen LogP contribution in [0.15, 0.2) is 30.3 Å². The predicted octanol–water partition coefficient (Wildman–Crippen LogP) is 1.12. The summed E-state index contributed by atoms with van der Waals surface area (Å²) in [5.74, 6) is 1.18.